The number of carbonyl (C=O) groups is 4. The van der Waals surface area contributed by atoms with Gasteiger partial charge in [-0.3, -0.25) is 29.8 Å². The highest BCUT2D eigenvalue weighted by atomic mass is 35.5. The summed E-state index contributed by atoms with van der Waals surface area (Å²) in [6.07, 6.45) is 18.4. The third-order valence-electron chi connectivity index (χ3n) is 21.7. The molecule has 0 aromatic heterocycles. The molecule has 8 aliphatic rings. The molecule has 2 aromatic rings. The number of aliphatic hydroxyl groups excluding tert-OH is 1. The van der Waals surface area contributed by atoms with E-state index in [1.807, 2.05) is 13.8 Å². The van der Waals surface area contributed by atoms with Crippen LogP contribution in [-0.4, -0.2) is 72.7 Å². The van der Waals surface area contributed by atoms with Gasteiger partial charge in [0, 0.05) is 47.7 Å². The van der Waals surface area contributed by atoms with Crippen LogP contribution in [-0.2, 0) is 14.3 Å². The zero-order valence-electron chi connectivity index (χ0n) is 44.6. The largest absolute Gasteiger partial charge is 0.514 e. The molecule has 16 atom stereocenters. The maximum absolute atomic E-state index is 13.3. The van der Waals surface area contributed by atoms with Gasteiger partial charge >= 0.3 is 11.6 Å². The highest BCUT2D eigenvalue weighted by Gasteiger charge is 2.63. The molecule has 0 saturated heterocycles. The van der Waals surface area contributed by atoms with Crippen molar-refractivity contribution in [1.82, 2.24) is 0 Å². The fourth-order valence-electron chi connectivity index (χ4n) is 17.8. The number of nitrogens with zero attached hydrogens (tertiary/aromatic N) is 2. The molecule has 3 N–H and O–H groups in total. The molecule has 0 radical (unpaired) electrons. The topological polar surface area (TPSA) is 243 Å². The summed E-state index contributed by atoms with van der Waals surface area (Å²) in [5.41, 5.74) is -1.46. The van der Waals surface area contributed by atoms with Gasteiger partial charge in [-0.05, 0) is 223 Å². The van der Waals surface area contributed by atoms with Crippen LogP contribution in [0.25, 0.3) is 0 Å². The lowest BCUT2D eigenvalue weighted by Crippen LogP contribution is -2.55. The third-order valence-corrected chi connectivity index (χ3v) is 21.7. The average Bonchev–Trinajstić information content (AvgIpc) is 3.91. The Morgan fingerprint density at radius 3 is 1.35 bits per heavy atom. The number of halogens is 1. The fourth-order valence-corrected chi connectivity index (χ4v) is 17.8. The first kappa shape index (κ1) is 56.7. The number of ketones is 2. The molecule has 8 fully saturated rings. The Bertz CT molecular complexity index is 2470. The second-order valence-electron chi connectivity index (χ2n) is 25.6. The Morgan fingerprint density at radius 1 is 0.547 bits per heavy atom. The number of hydrogen-bond donors (Lipinski definition) is 3. The third kappa shape index (κ3) is 11.4. The first-order valence-electron chi connectivity index (χ1n) is 27.6. The minimum Gasteiger partial charge on any atom is -0.426 e. The Hall–Kier alpha value is -4.51. The summed E-state index contributed by atoms with van der Waals surface area (Å²) in [5, 5.41) is 51.7. The van der Waals surface area contributed by atoms with Gasteiger partial charge in [0.2, 0.25) is 0 Å². The lowest BCUT2D eigenvalue weighted by Gasteiger charge is -2.61. The second-order valence-corrected chi connectivity index (χ2v) is 25.9. The maximum Gasteiger partial charge on any atom is 0.514 e. The zero-order valence-corrected chi connectivity index (χ0v) is 45.4. The first-order valence-corrected chi connectivity index (χ1v) is 27.9. The Labute approximate surface area is 445 Å². The predicted octanol–water partition coefficient (Wildman–Crippen LogP) is 12.4. The van der Waals surface area contributed by atoms with Crippen molar-refractivity contribution in [2.75, 3.05) is 13.2 Å². The van der Waals surface area contributed by atoms with Crippen molar-refractivity contribution in [2.24, 2.45) is 80.8 Å². The molecule has 8 aliphatic carbocycles. The summed E-state index contributed by atoms with van der Waals surface area (Å²) in [4.78, 5) is 67.9. The predicted molar refractivity (Wildman–Crippen MR) is 279 cm³/mol. The van der Waals surface area contributed by atoms with E-state index in [0.717, 1.165) is 95.3 Å². The molecule has 10 rings (SSSR count). The summed E-state index contributed by atoms with van der Waals surface area (Å²) in [5.74, 6) is 5.50. The van der Waals surface area contributed by atoms with E-state index in [2.05, 4.69) is 32.4 Å². The quantitative estimate of drug-likeness (QED) is 0.0696. The summed E-state index contributed by atoms with van der Waals surface area (Å²) in [6.45, 7) is 13.0. The molecule has 0 amide bonds. The first-order chi connectivity index (χ1) is 35.2. The van der Waals surface area contributed by atoms with Crippen LogP contribution in [0.5, 0.6) is 11.5 Å². The molecule has 2 aromatic carbocycles. The van der Waals surface area contributed by atoms with Crippen molar-refractivity contribution < 1.29 is 58.6 Å². The average molecular weight is 1060 g/mol. The van der Waals surface area contributed by atoms with Gasteiger partial charge in [0.1, 0.15) is 18.1 Å². The monoisotopic (exact) mass is 1060 g/mol. The van der Waals surface area contributed by atoms with Crippen molar-refractivity contribution in [1.29, 1.82) is 0 Å². The van der Waals surface area contributed by atoms with Crippen LogP contribution in [0.2, 0.25) is 0 Å². The SMILES string of the molecule is C[C@@]1(O)CC[C@@]2(C)C(CC[C@@H]3C2CC[C@]2(C)[C@@H](C(=O)CO)CC[C@@H]32)C1.C[C@@]1(O)CC[C@@]2(C)C(CC[C@@H]3C2CC[C@]2(C)[C@@H](C(=O)COC(=O)Oc4ccc([N+](=O)[O-])cc4)CC[C@@H]32)C1.O=C(Cl)Oc1ccc([N+](=O)[O-])cc1. The number of nitro groups is 2. The Kier molecular flexibility index (Phi) is 16.4. The standard InChI is InChI=1S/C29H39NO7.C22H36O3.C7H4ClNO4/c1-27(33)14-15-28(2)18(16-27)4-9-21-22-10-11-24(29(22,3)13-12-23(21)28)25(31)17-36-26(32)37-20-7-5-19(6-8-20)30(34)35;1-20(25)10-11-21(2)14(12-20)4-5-15-16-6-7-18(19(24)13-23)22(16,3)9-8-17(15)21;8-7(10)13-6-3-1-5(2-4-6)9(11)12/h5-8,18,21-24,33H,4,9-17H2,1-3H3;14-18,23,25H,4-13H2,1-3H3;1-4H/t18?,21-,22-,23?,24+,27+,28-,29-;14?,15-,16-,17?,18+,20+,21-,22-;/m00./s1. The van der Waals surface area contributed by atoms with Gasteiger partial charge in [0.25, 0.3) is 11.4 Å². The molecule has 75 heavy (non-hydrogen) atoms. The number of ether oxygens (including phenoxy) is 3. The number of Topliss-reactive ketones (excluding diaryl/α,β-unsaturated/α-hetero) is 2. The van der Waals surface area contributed by atoms with Crippen molar-refractivity contribution in [3.8, 4) is 11.5 Å². The van der Waals surface area contributed by atoms with Crippen LogP contribution in [0.4, 0.5) is 21.0 Å². The number of nitro benzene ring substituents is 2. The molecule has 8 saturated carbocycles. The normalized spacial score (nSPS) is 40.0. The molecule has 17 heteroatoms. The van der Waals surface area contributed by atoms with Crippen LogP contribution >= 0.6 is 11.6 Å². The smallest absolute Gasteiger partial charge is 0.426 e. The Morgan fingerprint density at radius 2 is 0.947 bits per heavy atom. The van der Waals surface area contributed by atoms with Crippen LogP contribution < -0.4 is 9.47 Å². The minimum atomic E-state index is -0.981. The molecular weight excluding hydrogens is 984 g/mol. The van der Waals surface area contributed by atoms with Gasteiger partial charge in [-0.25, -0.2) is 9.59 Å². The minimum absolute atomic E-state index is 0.0438. The molecule has 4 unspecified atom stereocenters. The van der Waals surface area contributed by atoms with E-state index in [9.17, 15) is 54.7 Å². The van der Waals surface area contributed by atoms with E-state index in [4.69, 9.17) is 21.1 Å². The number of rotatable bonds is 9. The summed E-state index contributed by atoms with van der Waals surface area (Å²) in [6, 6.07) is 10.2. The second kappa shape index (κ2) is 21.7. The number of hydrogen-bond acceptors (Lipinski definition) is 14. The number of fused-ring (bicyclic) bond motifs is 10. The lowest BCUT2D eigenvalue weighted by atomic mass is 9.44. The zero-order chi connectivity index (χ0) is 54.5. The van der Waals surface area contributed by atoms with Gasteiger partial charge in [-0.2, -0.15) is 0 Å². The van der Waals surface area contributed by atoms with Crippen molar-refractivity contribution in [3.05, 3.63) is 68.8 Å². The van der Waals surface area contributed by atoms with E-state index >= 15 is 0 Å². The Balaban J connectivity index is 0.000000168. The maximum atomic E-state index is 13.3. The van der Waals surface area contributed by atoms with Crippen LogP contribution in [0.15, 0.2) is 48.5 Å². The van der Waals surface area contributed by atoms with E-state index in [-0.39, 0.29) is 75.7 Å². The highest BCUT2D eigenvalue weighted by Crippen LogP contribution is 2.70. The molecule has 0 spiro atoms. The molecule has 0 aliphatic heterocycles. The van der Waals surface area contributed by atoms with Gasteiger partial charge in [0.05, 0.1) is 21.0 Å². The van der Waals surface area contributed by atoms with E-state index < -0.39 is 32.6 Å². The van der Waals surface area contributed by atoms with Gasteiger partial charge in [0.15, 0.2) is 18.2 Å². The highest BCUT2D eigenvalue weighted by molar-refractivity contribution is 6.61. The van der Waals surface area contributed by atoms with Crippen molar-refractivity contribution >= 4 is 46.1 Å². The van der Waals surface area contributed by atoms with Crippen molar-refractivity contribution in [2.45, 2.75) is 168 Å². The summed E-state index contributed by atoms with van der Waals surface area (Å²) >= 11 is 4.92. The van der Waals surface area contributed by atoms with E-state index in [0.29, 0.717) is 40.9 Å². The van der Waals surface area contributed by atoms with E-state index in [1.54, 1.807) is 0 Å². The molecule has 0 bridgehead atoms. The number of carbonyl (C=O) groups excluding carboxylic acids is 4. The van der Waals surface area contributed by atoms with Gasteiger partial charge in [-0.1, -0.05) is 27.7 Å². The van der Waals surface area contributed by atoms with Crippen LogP contribution in [0.1, 0.15) is 157 Å². The van der Waals surface area contributed by atoms with Crippen LogP contribution in [0.3, 0.4) is 0 Å². The molecular formula is C58H79ClN2O14. The summed E-state index contributed by atoms with van der Waals surface area (Å²) in [7, 11) is 0. The molecule has 0 heterocycles. The number of benzene rings is 2. The fraction of sp³-hybridized carbons (Fsp3) is 0.724. The lowest BCUT2D eigenvalue weighted by molar-refractivity contribution is -0.385. The number of non-ortho nitro benzene ring substituents is 2. The van der Waals surface area contributed by atoms with Crippen molar-refractivity contribution in [3.63, 3.8) is 0 Å². The van der Waals surface area contributed by atoms with E-state index in [1.165, 1.54) is 80.6 Å². The molecule has 412 valence electrons. The molecule has 16 nitrogen and oxygen atoms in total. The van der Waals surface area contributed by atoms with Crippen LogP contribution in [0, 0.1) is 101 Å². The van der Waals surface area contributed by atoms with Gasteiger partial charge < -0.3 is 29.5 Å². The number of aliphatic hydroxyl groups is 3. The van der Waals surface area contributed by atoms with Gasteiger partial charge in [-0.15, -0.1) is 0 Å². The summed E-state index contributed by atoms with van der Waals surface area (Å²) < 4.78 is 14.7.